The molecule has 0 radical (unpaired) electrons. The third-order valence-electron chi connectivity index (χ3n) is 3.60. The second kappa shape index (κ2) is 5.56. The second-order valence-corrected chi connectivity index (χ2v) is 5.89. The summed E-state index contributed by atoms with van der Waals surface area (Å²) < 4.78 is 59.6. The zero-order valence-electron chi connectivity index (χ0n) is 11.8. The maximum Gasteiger partial charge on any atom is 0.434 e. The summed E-state index contributed by atoms with van der Waals surface area (Å²) in [6.07, 6.45) is -3.69. The number of aryl methyl sites for hydroxylation is 1. The van der Waals surface area contributed by atoms with Crippen molar-refractivity contribution in [2.75, 3.05) is 6.61 Å². The summed E-state index contributed by atoms with van der Waals surface area (Å²) in [4.78, 5) is 0. The van der Waals surface area contributed by atoms with E-state index >= 15 is 0 Å². The van der Waals surface area contributed by atoms with Crippen molar-refractivity contribution in [3.05, 3.63) is 33.2 Å². The van der Waals surface area contributed by atoms with Crippen molar-refractivity contribution in [1.82, 2.24) is 9.78 Å². The molecule has 23 heavy (non-hydrogen) atoms. The summed E-state index contributed by atoms with van der Waals surface area (Å²) in [6.45, 7) is 0.404. The van der Waals surface area contributed by atoms with Crippen LogP contribution in [0.15, 0.2) is 6.07 Å². The lowest BCUT2D eigenvalue weighted by Gasteiger charge is -2.21. The summed E-state index contributed by atoms with van der Waals surface area (Å²) in [7, 11) is 1.11. The van der Waals surface area contributed by atoms with Gasteiger partial charge in [0, 0.05) is 18.2 Å². The summed E-state index contributed by atoms with van der Waals surface area (Å²) >= 11 is 11.8. The minimum atomic E-state index is -4.70. The molecule has 0 saturated heterocycles. The topological polar surface area (TPSA) is 27.1 Å². The zero-order chi connectivity index (χ0) is 16.9. The van der Waals surface area contributed by atoms with Gasteiger partial charge in [0.2, 0.25) is 0 Å². The van der Waals surface area contributed by atoms with Crippen LogP contribution in [0, 0.1) is 5.82 Å². The SMILES string of the molecule is Cn1nc(-c2c(F)cc(Cl)c3c2CCCO3)c(Cl)c1C(F)(F)F. The number of rotatable bonds is 1. The first-order valence-electron chi connectivity index (χ1n) is 6.65. The molecule has 0 atom stereocenters. The highest BCUT2D eigenvalue weighted by atomic mass is 35.5. The fourth-order valence-electron chi connectivity index (χ4n) is 2.69. The van der Waals surface area contributed by atoms with Crippen LogP contribution in [0.2, 0.25) is 10.0 Å². The first kappa shape index (κ1) is 16.4. The Hall–Kier alpha value is -1.47. The number of fused-ring (bicyclic) bond motifs is 1. The molecule has 0 N–H and O–H groups in total. The number of hydrogen-bond donors (Lipinski definition) is 0. The lowest BCUT2D eigenvalue weighted by molar-refractivity contribution is -0.143. The third kappa shape index (κ3) is 2.65. The van der Waals surface area contributed by atoms with E-state index in [2.05, 4.69) is 5.10 Å². The largest absolute Gasteiger partial charge is 0.492 e. The smallest absolute Gasteiger partial charge is 0.434 e. The van der Waals surface area contributed by atoms with Crippen molar-refractivity contribution < 1.29 is 22.3 Å². The van der Waals surface area contributed by atoms with E-state index in [4.69, 9.17) is 27.9 Å². The Labute approximate surface area is 138 Å². The molecule has 3 nitrogen and oxygen atoms in total. The van der Waals surface area contributed by atoms with Gasteiger partial charge in [0.15, 0.2) is 5.69 Å². The van der Waals surface area contributed by atoms with Crippen molar-refractivity contribution in [2.45, 2.75) is 19.0 Å². The van der Waals surface area contributed by atoms with Crippen LogP contribution in [0.3, 0.4) is 0 Å². The predicted octanol–water partition coefficient (Wildman–Crippen LogP) is 4.88. The highest BCUT2D eigenvalue weighted by molar-refractivity contribution is 6.34. The van der Waals surface area contributed by atoms with Gasteiger partial charge >= 0.3 is 6.18 Å². The Morgan fingerprint density at radius 1 is 1.30 bits per heavy atom. The van der Waals surface area contributed by atoms with Crippen LogP contribution in [0.5, 0.6) is 5.75 Å². The monoisotopic (exact) mass is 368 g/mol. The molecule has 1 aliphatic rings. The molecule has 0 spiro atoms. The molecule has 3 rings (SSSR count). The molecular formula is C14H10Cl2F4N2O. The molecule has 0 bridgehead atoms. The van der Waals surface area contributed by atoms with Gasteiger partial charge in [-0.1, -0.05) is 23.2 Å². The summed E-state index contributed by atoms with van der Waals surface area (Å²) in [6, 6.07) is 0.999. The lowest BCUT2D eigenvalue weighted by atomic mass is 9.97. The Morgan fingerprint density at radius 2 is 2.00 bits per heavy atom. The first-order chi connectivity index (χ1) is 10.7. The van der Waals surface area contributed by atoms with Gasteiger partial charge in [-0.2, -0.15) is 18.3 Å². The molecule has 0 fully saturated rings. The number of hydrogen-bond acceptors (Lipinski definition) is 2. The van der Waals surface area contributed by atoms with Crippen LogP contribution in [0.25, 0.3) is 11.3 Å². The van der Waals surface area contributed by atoms with Crippen LogP contribution < -0.4 is 4.74 Å². The molecule has 2 heterocycles. The minimum Gasteiger partial charge on any atom is -0.492 e. The molecule has 0 amide bonds. The zero-order valence-corrected chi connectivity index (χ0v) is 13.3. The van der Waals surface area contributed by atoms with E-state index < -0.39 is 22.7 Å². The maximum atomic E-state index is 14.4. The standard InChI is InChI=1S/C14H10Cl2F4N2O/c1-22-13(14(18,19)20)10(16)11(21-22)9-6-3-2-4-23-12(6)7(15)5-8(9)17/h5H,2-4H2,1H3. The fourth-order valence-corrected chi connectivity index (χ4v) is 3.32. The van der Waals surface area contributed by atoms with E-state index in [1.165, 1.54) is 0 Å². The van der Waals surface area contributed by atoms with Crippen LogP contribution in [0.4, 0.5) is 17.6 Å². The number of nitrogens with zero attached hydrogens (tertiary/aromatic N) is 2. The van der Waals surface area contributed by atoms with Crippen molar-refractivity contribution in [3.63, 3.8) is 0 Å². The molecule has 0 unspecified atom stereocenters. The number of halogens is 6. The van der Waals surface area contributed by atoms with Crippen molar-refractivity contribution in [3.8, 4) is 17.0 Å². The molecule has 0 saturated carbocycles. The van der Waals surface area contributed by atoms with Crippen molar-refractivity contribution in [1.29, 1.82) is 0 Å². The molecule has 2 aromatic rings. The van der Waals surface area contributed by atoms with Gasteiger partial charge in [0.25, 0.3) is 0 Å². The first-order valence-corrected chi connectivity index (χ1v) is 7.41. The molecule has 124 valence electrons. The Bertz CT molecular complexity index is 786. The van der Waals surface area contributed by atoms with E-state index in [1.54, 1.807) is 0 Å². The average molecular weight is 369 g/mol. The van der Waals surface area contributed by atoms with Gasteiger partial charge in [-0.25, -0.2) is 4.39 Å². The molecule has 0 aliphatic carbocycles. The fraction of sp³-hybridized carbons (Fsp3) is 0.357. The lowest BCUT2D eigenvalue weighted by Crippen LogP contribution is -2.12. The molecule has 1 aromatic carbocycles. The van der Waals surface area contributed by atoms with Gasteiger partial charge in [-0.05, 0) is 18.9 Å². The van der Waals surface area contributed by atoms with E-state index in [1.807, 2.05) is 0 Å². The van der Waals surface area contributed by atoms with Gasteiger partial charge in [-0.15, -0.1) is 0 Å². The van der Waals surface area contributed by atoms with E-state index in [-0.39, 0.29) is 22.0 Å². The highest BCUT2D eigenvalue weighted by Gasteiger charge is 2.40. The van der Waals surface area contributed by atoms with Crippen LogP contribution in [-0.2, 0) is 19.6 Å². The second-order valence-electron chi connectivity index (χ2n) is 5.11. The third-order valence-corrected chi connectivity index (χ3v) is 4.24. The normalized spacial score (nSPS) is 14.6. The van der Waals surface area contributed by atoms with Crippen molar-refractivity contribution in [2.24, 2.45) is 7.05 Å². The molecular weight excluding hydrogens is 359 g/mol. The van der Waals surface area contributed by atoms with Crippen molar-refractivity contribution >= 4 is 23.2 Å². The molecule has 9 heteroatoms. The average Bonchev–Trinajstić information content (AvgIpc) is 2.73. The van der Waals surface area contributed by atoms with Gasteiger partial charge in [-0.3, -0.25) is 4.68 Å². The predicted molar refractivity (Wildman–Crippen MR) is 77.4 cm³/mol. The van der Waals surface area contributed by atoms with E-state index in [0.29, 0.717) is 29.7 Å². The quantitative estimate of drug-likeness (QED) is 0.671. The summed E-state index contributed by atoms with van der Waals surface area (Å²) in [5, 5.41) is 3.20. The minimum absolute atomic E-state index is 0.0732. The van der Waals surface area contributed by atoms with Crippen LogP contribution in [-0.4, -0.2) is 16.4 Å². The molecule has 1 aliphatic heterocycles. The van der Waals surface area contributed by atoms with Crippen LogP contribution in [0.1, 0.15) is 17.7 Å². The number of alkyl halides is 3. The van der Waals surface area contributed by atoms with E-state index in [0.717, 1.165) is 13.1 Å². The highest BCUT2D eigenvalue weighted by Crippen LogP contribution is 2.45. The number of benzene rings is 1. The van der Waals surface area contributed by atoms with E-state index in [9.17, 15) is 17.6 Å². The van der Waals surface area contributed by atoms with Gasteiger partial charge in [0.1, 0.15) is 17.3 Å². The maximum absolute atomic E-state index is 14.4. The Balaban J connectivity index is 2.29. The summed E-state index contributed by atoms with van der Waals surface area (Å²) in [5.41, 5.74) is -1.11. The van der Waals surface area contributed by atoms with Gasteiger partial charge < -0.3 is 4.74 Å². The number of ether oxygens (including phenoxy) is 1. The number of aromatic nitrogens is 2. The molecule has 1 aromatic heterocycles. The summed E-state index contributed by atoms with van der Waals surface area (Å²) in [5.74, 6) is -0.516. The Kier molecular flexibility index (Phi) is 3.96. The van der Waals surface area contributed by atoms with Crippen LogP contribution >= 0.6 is 23.2 Å². The van der Waals surface area contributed by atoms with Gasteiger partial charge in [0.05, 0.1) is 16.7 Å². The Morgan fingerprint density at radius 3 is 2.61 bits per heavy atom.